The second-order valence-electron chi connectivity index (χ2n) is 2.02. The maximum absolute atomic E-state index is 10.3. The van der Waals surface area contributed by atoms with Crippen LogP contribution in [0.4, 0.5) is 0 Å². The van der Waals surface area contributed by atoms with Gasteiger partial charge in [0.05, 0.1) is 0 Å². The van der Waals surface area contributed by atoms with Gasteiger partial charge in [0.1, 0.15) is 0 Å². The molecular formula is C6H9IO2. The maximum atomic E-state index is 10.3. The number of hydrogen-bond donors (Lipinski definition) is 1. The first-order valence-corrected chi connectivity index (χ1v) is 3.87. The molecule has 1 N–H and O–H groups in total. The zero-order chi connectivity index (χ0) is 7.44. The highest BCUT2D eigenvalue weighted by molar-refractivity contribution is 14.1. The number of aliphatic carboxylic acids is 1. The van der Waals surface area contributed by atoms with Crippen molar-refractivity contribution in [1.82, 2.24) is 0 Å². The minimum atomic E-state index is -0.820. The van der Waals surface area contributed by atoms with Crippen LogP contribution < -0.4 is 0 Å². The Hall–Kier alpha value is -0.0600. The third-order valence-corrected chi connectivity index (χ3v) is 1.66. The Kier molecular flexibility index (Phi) is 3.84. The molecule has 0 aromatic heterocycles. The lowest BCUT2D eigenvalue weighted by molar-refractivity contribution is -0.133. The average molecular weight is 240 g/mol. The van der Waals surface area contributed by atoms with Crippen molar-refractivity contribution in [2.75, 3.05) is 0 Å². The summed E-state index contributed by atoms with van der Waals surface area (Å²) in [4.78, 5) is 10.3. The van der Waals surface area contributed by atoms with E-state index in [4.69, 9.17) is 5.11 Å². The zero-order valence-electron chi connectivity index (χ0n) is 5.39. The zero-order valence-corrected chi connectivity index (χ0v) is 7.55. The fourth-order valence-electron chi connectivity index (χ4n) is 0.420. The molecule has 0 unspecified atom stereocenters. The molecule has 0 rings (SSSR count). The van der Waals surface area contributed by atoms with E-state index in [0.29, 0.717) is 5.57 Å². The van der Waals surface area contributed by atoms with Crippen LogP contribution in [0.2, 0.25) is 0 Å². The minimum Gasteiger partial charge on any atom is -0.478 e. The summed E-state index contributed by atoms with van der Waals surface area (Å²) in [6.07, 6.45) is 0. The van der Waals surface area contributed by atoms with Crippen LogP contribution in [0.15, 0.2) is 9.66 Å². The van der Waals surface area contributed by atoms with Gasteiger partial charge in [-0.3, -0.25) is 0 Å². The van der Waals surface area contributed by atoms with Gasteiger partial charge < -0.3 is 5.11 Å². The number of halogens is 1. The van der Waals surface area contributed by atoms with E-state index in [0.717, 1.165) is 0 Å². The fraction of sp³-hybridized carbons (Fsp3) is 0.500. The van der Waals surface area contributed by atoms with Gasteiger partial charge in [0, 0.05) is 5.57 Å². The molecule has 0 aliphatic heterocycles. The van der Waals surface area contributed by atoms with Gasteiger partial charge in [-0.15, -0.1) is 0 Å². The Balaban J connectivity index is 4.19. The molecule has 0 aliphatic rings. The van der Waals surface area contributed by atoms with Crippen LogP contribution in [0, 0.1) is 5.92 Å². The smallest absolute Gasteiger partial charge is 0.332 e. The molecule has 0 saturated heterocycles. The van der Waals surface area contributed by atoms with E-state index in [1.54, 1.807) is 4.08 Å². The standard InChI is InChI=1S/C6H9IO2/c1-4(2)5(3-7)6(8)9/h3-4H,1-2H3,(H,8,9)/b5-3-. The summed E-state index contributed by atoms with van der Waals surface area (Å²) in [5.74, 6) is -0.709. The normalized spacial score (nSPS) is 12.2. The van der Waals surface area contributed by atoms with Gasteiger partial charge in [-0.1, -0.05) is 36.4 Å². The summed E-state index contributed by atoms with van der Waals surface area (Å²) < 4.78 is 1.60. The first-order valence-electron chi connectivity index (χ1n) is 2.63. The number of hydrogen-bond acceptors (Lipinski definition) is 1. The lowest BCUT2D eigenvalue weighted by Crippen LogP contribution is -2.05. The van der Waals surface area contributed by atoms with E-state index in [1.807, 2.05) is 36.4 Å². The minimum absolute atomic E-state index is 0.111. The van der Waals surface area contributed by atoms with Crippen molar-refractivity contribution in [3.8, 4) is 0 Å². The van der Waals surface area contributed by atoms with Gasteiger partial charge in [0.15, 0.2) is 0 Å². The number of carboxylic acids is 1. The van der Waals surface area contributed by atoms with Crippen molar-refractivity contribution in [1.29, 1.82) is 0 Å². The molecule has 52 valence electrons. The van der Waals surface area contributed by atoms with Crippen molar-refractivity contribution in [3.05, 3.63) is 9.66 Å². The predicted octanol–water partition coefficient (Wildman–Crippen LogP) is 2.05. The quantitative estimate of drug-likeness (QED) is 0.592. The van der Waals surface area contributed by atoms with Gasteiger partial charge in [-0.2, -0.15) is 0 Å². The third kappa shape index (κ3) is 2.84. The second kappa shape index (κ2) is 3.87. The van der Waals surface area contributed by atoms with E-state index >= 15 is 0 Å². The molecule has 0 aromatic rings. The largest absolute Gasteiger partial charge is 0.478 e. The molecule has 0 atom stereocenters. The lowest BCUT2D eigenvalue weighted by atomic mass is 10.1. The summed E-state index contributed by atoms with van der Waals surface area (Å²) in [7, 11) is 0. The van der Waals surface area contributed by atoms with Crippen LogP contribution in [0.1, 0.15) is 13.8 Å². The Morgan fingerprint density at radius 3 is 2.11 bits per heavy atom. The van der Waals surface area contributed by atoms with Crippen LogP contribution in [-0.4, -0.2) is 11.1 Å². The van der Waals surface area contributed by atoms with Crippen LogP contribution in [0.5, 0.6) is 0 Å². The SMILES string of the molecule is CC(C)/C(=C/I)C(=O)O. The molecule has 0 bridgehead atoms. The number of rotatable bonds is 2. The molecule has 0 saturated carbocycles. The van der Waals surface area contributed by atoms with Crippen LogP contribution >= 0.6 is 22.6 Å². The molecule has 0 heterocycles. The molecule has 9 heavy (non-hydrogen) atoms. The Labute approximate surface area is 68.1 Å². The second-order valence-corrected chi connectivity index (χ2v) is 2.65. The molecule has 0 spiro atoms. The highest BCUT2D eigenvalue weighted by atomic mass is 127. The number of carboxylic acid groups (broad SMARTS) is 1. The molecule has 0 amide bonds. The van der Waals surface area contributed by atoms with Crippen molar-refractivity contribution in [3.63, 3.8) is 0 Å². The molecule has 2 nitrogen and oxygen atoms in total. The van der Waals surface area contributed by atoms with Crippen molar-refractivity contribution < 1.29 is 9.90 Å². The maximum Gasteiger partial charge on any atom is 0.332 e. The van der Waals surface area contributed by atoms with Crippen molar-refractivity contribution in [2.45, 2.75) is 13.8 Å². The Morgan fingerprint density at radius 2 is 2.11 bits per heavy atom. The first kappa shape index (κ1) is 8.94. The monoisotopic (exact) mass is 240 g/mol. The summed E-state index contributed by atoms with van der Waals surface area (Å²) in [5.41, 5.74) is 0.468. The van der Waals surface area contributed by atoms with Crippen molar-refractivity contribution >= 4 is 28.6 Å². The van der Waals surface area contributed by atoms with Crippen LogP contribution in [0.3, 0.4) is 0 Å². The van der Waals surface area contributed by atoms with E-state index in [9.17, 15) is 4.79 Å². The molecular weight excluding hydrogens is 231 g/mol. The highest BCUT2D eigenvalue weighted by Crippen LogP contribution is 2.11. The van der Waals surface area contributed by atoms with Gasteiger partial charge in [-0.25, -0.2) is 4.79 Å². The van der Waals surface area contributed by atoms with Gasteiger partial charge in [0.25, 0.3) is 0 Å². The molecule has 0 radical (unpaired) electrons. The highest BCUT2D eigenvalue weighted by Gasteiger charge is 2.09. The predicted molar refractivity (Wildman–Crippen MR) is 44.6 cm³/mol. The summed E-state index contributed by atoms with van der Waals surface area (Å²) in [5, 5.41) is 8.47. The molecule has 0 aromatic carbocycles. The van der Waals surface area contributed by atoms with E-state index in [2.05, 4.69) is 0 Å². The third-order valence-electron chi connectivity index (χ3n) is 0.987. The van der Waals surface area contributed by atoms with Gasteiger partial charge in [0.2, 0.25) is 0 Å². The molecule has 0 aliphatic carbocycles. The summed E-state index contributed by atoms with van der Waals surface area (Å²) in [6, 6.07) is 0. The molecule has 0 fully saturated rings. The topological polar surface area (TPSA) is 37.3 Å². The first-order chi connectivity index (χ1) is 4.09. The fourth-order valence-corrected chi connectivity index (χ4v) is 1.41. The summed E-state index contributed by atoms with van der Waals surface area (Å²) >= 11 is 1.94. The Bertz CT molecular complexity index is 138. The van der Waals surface area contributed by atoms with E-state index < -0.39 is 5.97 Å². The van der Waals surface area contributed by atoms with E-state index in [-0.39, 0.29) is 5.92 Å². The Morgan fingerprint density at radius 1 is 1.67 bits per heavy atom. The lowest BCUT2D eigenvalue weighted by Gasteiger charge is -2.01. The van der Waals surface area contributed by atoms with Crippen molar-refractivity contribution in [2.24, 2.45) is 5.92 Å². The van der Waals surface area contributed by atoms with E-state index in [1.165, 1.54) is 0 Å². The summed E-state index contributed by atoms with van der Waals surface area (Å²) in [6.45, 7) is 3.72. The molecule has 3 heteroatoms. The van der Waals surface area contributed by atoms with Crippen LogP contribution in [-0.2, 0) is 4.79 Å². The average Bonchev–Trinajstić information content (AvgIpc) is 1.64. The van der Waals surface area contributed by atoms with Gasteiger partial charge >= 0.3 is 5.97 Å². The van der Waals surface area contributed by atoms with Crippen LogP contribution in [0.25, 0.3) is 0 Å². The number of carbonyl (C=O) groups is 1. The van der Waals surface area contributed by atoms with Gasteiger partial charge in [-0.05, 0) is 10.0 Å².